The van der Waals surface area contributed by atoms with Crippen LogP contribution >= 0.6 is 43.8 Å². The predicted octanol–water partition coefficient (Wildman–Crippen LogP) is 4.58. The number of carbonyl (C=O) groups is 1. The van der Waals surface area contributed by atoms with Gasteiger partial charge in [0.25, 0.3) is 0 Å². The highest BCUT2D eigenvalue weighted by Gasteiger charge is 2.45. The number of ether oxygens (including phenoxy) is 2. The number of benzene rings is 1. The fourth-order valence-corrected chi connectivity index (χ4v) is 5.66. The number of nitrogens with zero attached hydrogens (tertiary/aromatic N) is 1. The Balaban J connectivity index is 1.77. The third-order valence-electron chi connectivity index (χ3n) is 5.15. The average molecular weight is 578 g/mol. The van der Waals surface area contributed by atoms with Crippen LogP contribution in [-0.2, 0) is 23.4 Å². The molecule has 1 fully saturated rings. The van der Waals surface area contributed by atoms with E-state index in [1.165, 1.54) is 6.92 Å². The zero-order valence-electron chi connectivity index (χ0n) is 20.1. The van der Waals surface area contributed by atoms with E-state index in [9.17, 15) is 14.5 Å². The lowest BCUT2D eigenvalue weighted by molar-refractivity contribution is -0.149. The van der Waals surface area contributed by atoms with Gasteiger partial charge in [-0.25, -0.2) is 4.57 Å². The second-order valence-corrected chi connectivity index (χ2v) is 11.5. The monoisotopic (exact) mass is 577 g/mol. The first kappa shape index (κ1) is 28.9. The maximum atomic E-state index is 13.6. The first-order valence-electron chi connectivity index (χ1n) is 11.2. The molecule has 6 atom stereocenters. The average Bonchev–Trinajstić information content (AvgIpc) is 3.08. The van der Waals surface area contributed by atoms with Crippen LogP contribution in [0.15, 0.2) is 36.5 Å². The summed E-state index contributed by atoms with van der Waals surface area (Å²) in [6.07, 6.45) is -1.68. The molecule has 3 rings (SSSR count). The lowest BCUT2D eigenvalue weighted by atomic mass is 10.2. The standard InChI is InChI=1S/C22H29ClN3O7PS2/c1-12(2)31-21(28)14(4)25-34(29,33-15-8-6-5-7-9-15)30-11-16-18(27)17(23)20(32-16)26-10-13(3)19(35)24-22(26)36/h5-10,12,14,16-18,20,27H,11H2,1-4H3,(H,25,29)(H,24,35,36)/t14-,16-,17+,18?,20-,34+/m0/s1. The predicted molar refractivity (Wildman–Crippen MR) is 139 cm³/mol. The number of rotatable bonds is 10. The number of aromatic nitrogens is 2. The van der Waals surface area contributed by atoms with Crippen molar-refractivity contribution in [3.63, 3.8) is 0 Å². The van der Waals surface area contributed by atoms with Crippen LogP contribution in [0.2, 0.25) is 0 Å². The molecule has 0 aliphatic carbocycles. The van der Waals surface area contributed by atoms with Crippen LogP contribution in [0.25, 0.3) is 0 Å². The lowest BCUT2D eigenvalue weighted by Gasteiger charge is -2.25. The minimum Gasteiger partial charge on any atom is -0.462 e. The summed E-state index contributed by atoms with van der Waals surface area (Å²) in [7, 11) is -4.14. The molecule has 0 amide bonds. The van der Waals surface area contributed by atoms with Crippen molar-refractivity contribution in [3.8, 4) is 5.75 Å². The molecule has 1 aromatic heterocycles. The molecule has 3 N–H and O–H groups in total. The molecule has 1 aliphatic heterocycles. The number of nitrogens with one attached hydrogen (secondary N) is 2. The largest absolute Gasteiger partial charge is 0.462 e. The second kappa shape index (κ2) is 12.3. The smallest absolute Gasteiger partial charge is 0.459 e. The summed E-state index contributed by atoms with van der Waals surface area (Å²) < 4.78 is 38.3. The molecule has 2 aromatic rings. The Kier molecular flexibility index (Phi) is 9.87. The number of hydrogen-bond donors (Lipinski definition) is 3. The van der Waals surface area contributed by atoms with E-state index in [-0.39, 0.29) is 23.2 Å². The highest BCUT2D eigenvalue weighted by molar-refractivity contribution is 7.72. The quantitative estimate of drug-likeness (QED) is 0.160. The van der Waals surface area contributed by atoms with Gasteiger partial charge < -0.3 is 24.1 Å². The van der Waals surface area contributed by atoms with Crippen molar-refractivity contribution in [1.82, 2.24) is 14.6 Å². The normalized spacial score (nSPS) is 24.3. The highest BCUT2D eigenvalue weighted by atomic mass is 35.5. The van der Waals surface area contributed by atoms with Crippen molar-refractivity contribution in [2.45, 2.75) is 63.7 Å². The number of carbonyl (C=O) groups excluding carboxylic acids is 1. The molecule has 36 heavy (non-hydrogen) atoms. The number of esters is 1. The van der Waals surface area contributed by atoms with Gasteiger partial charge in [0.2, 0.25) is 0 Å². The summed E-state index contributed by atoms with van der Waals surface area (Å²) in [5, 5.41) is 12.4. The molecule has 0 spiro atoms. The number of para-hydroxylation sites is 1. The topological polar surface area (TPSA) is 124 Å². The van der Waals surface area contributed by atoms with E-state index in [0.29, 0.717) is 4.64 Å². The number of hydrogen-bond acceptors (Lipinski definition) is 9. The maximum Gasteiger partial charge on any atom is 0.459 e. The number of aliphatic hydroxyl groups is 1. The third kappa shape index (κ3) is 7.23. The van der Waals surface area contributed by atoms with Crippen molar-refractivity contribution < 1.29 is 33.0 Å². The van der Waals surface area contributed by atoms with Crippen molar-refractivity contribution >= 4 is 49.8 Å². The first-order valence-corrected chi connectivity index (χ1v) is 14.0. The molecular weight excluding hydrogens is 549 g/mol. The van der Waals surface area contributed by atoms with Gasteiger partial charge in [-0.2, -0.15) is 5.09 Å². The van der Waals surface area contributed by atoms with E-state index < -0.39 is 43.6 Å². The van der Waals surface area contributed by atoms with Gasteiger partial charge in [0, 0.05) is 11.8 Å². The molecule has 1 aromatic carbocycles. The molecule has 1 unspecified atom stereocenters. The summed E-state index contributed by atoms with van der Waals surface area (Å²) in [5.74, 6) is -0.380. The Morgan fingerprint density at radius 1 is 1.31 bits per heavy atom. The van der Waals surface area contributed by atoms with Gasteiger partial charge in [0.15, 0.2) is 11.0 Å². The molecule has 0 radical (unpaired) electrons. The van der Waals surface area contributed by atoms with Gasteiger partial charge in [-0.05, 0) is 52.0 Å². The van der Waals surface area contributed by atoms with Crippen molar-refractivity contribution in [2.24, 2.45) is 0 Å². The molecule has 2 heterocycles. The van der Waals surface area contributed by atoms with Crippen molar-refractivity contribution in [2.75, 3.05) is 6.61 Å². The minimum absolute atomic E-state index is 0.250. The number of H-pyrrole nitrogens is 1. The zero-order chi connectivity index (χ0) is 26.6. The molecule has 10 nitrogen and oxygen atoms in total. The SMILES string of the molecule is Cc1cn([C@H]2O[C@@H](CO[P@](=O)(N[C@@H](C)C(=O)OC(C)C)Oc3ccccc3)C(O)[C@H]2Cl)c(=S)[nH]c1=S. The summed E-state index contributed by atoms with van der Waals surface area (Å²) in [6.45, 7) is 6.32. The van der Waals surface area contributed by atoms with Gasteiger partial charge in [-0.15, -0.1) is 11.6 Å². The van der Waals surface area contributed by atoms with Gasteiger partial charge in [-0.1, -0.05) is 30.4 Å². The first-order chi connectivity index (χ1) is 16.9. The van der Waals surface area contributed by atoms with Crippen LogP contribution in [0, 0.1) is 16.3 Å². The maximum absolute atomic E-state index is 13.6. The molecule has 0 bridgehead atoms. The van der Waals surface area contributed by atoms with E-state index in [4.69, 9.17) is 54.6 Å². The molecule has 0 saturated carbocycles. The molecule has 1 aliphatic rings. The van der Waals surface area contributed by atoms with Crippen LogP contribution in [0.3, 0.4) is 0 Å². The third-order valence-corrected chi connectivity index (χ3v) is 8.00. The number of alkyl halides is 1. The molecule has 14 heteroatoms. The van der Waals surface area contributed by atoms with E-state index >= 15 is 0 Å². The fraction of sp³-hybridized carbons (Fsp3) is 0.500. The van der Waals surface area contributed by atoms with Crippen LogP contribution < -0.4 is 9.61 Å². The Hall–Kier alpha value is -1.63. The summed E-state index contributed by atoms with van der Waals surface area (Å²) >= 11 is 17.0. The van der Waals surface area contributed by atoms with Gasteiger partial charge in [0.1, 0.15) is 34.0 Å². The summed E-state index contributed by atoms with van der Waals surface area (Å²) in [5.41, 5.74) is 0.743. The van der Waals surface area contributed by atoms with Crippen LogP contribution in [0.1, 0.15) is 32.6 Å². The summed E-state index contributed by atoms with van der Waals surface area (Å²) in [6, 6.07) is 7.31. The van der Waals surface area contributed by atoms with Gasteiger partial charge in [-0.3, -0.25) is 13.9 Å². The minimum atomic E-state index is -4.14. The van der Waals surface area contributed by atoms with E-state index in [1.807, 2.05) is 0 Å². The van der Waals surface area contributed by atoms with Crippen LogP contribution in [0.4, 0.5) is 0 Å². The van der Waals surface area contributed by atoms with Crippen LogP contribution in [-0.4, -0.2) is 57.0 Å². The van der Waals surface area contributed by atoms with Crippen molar-refractivity contribution in [3.05, 3.63) is 51.5 Å². The van der Waals surface area contributed by atoms with Crippen molar-refractivity contribution in [1.29, 1.82) is 0 Å². The number of aliphatic hydroxyl groups excluding tert-OH is 1. The number of aryl methyl sites for hydroxylation is 1. The number of halogens is 1. The highest BCUT2D eigenvalue weighted by Crippen LogP contribution is 2.46. The van der Waals surface area contributed by atoms with Gasteiger partial charge in [0.05, 0.1) is 12.7 Å². The van der Waals surface area contributed by atoms with Gasteiger partial charge >= 0.3 is 13.7 Å². The molecular formula is C22H29ClN3O7PS2. The lowest BCUT2D eigenvalue weighted by Crippen LogP contribution is -2.37. The Labute approximate surface area is 224 Å². The molecule has 1 saturated heterocycles. The number of aromatic amines is 1. The zero-order valence-corrected chi connectivity index (χ0v) is 23.4. The summed E-state index contributed by atoms with van der Waals surface area (Å²) in [4.78, 5) is 15.2. The Bertz CT molecular complexity index is 1230. The van der Waals surface area contributed by atoms with Crippen LogP contribution in [0.5, 0.6) is 5.75 Å². The van der Waals surface area contributed by atoms with E-state index in [2.05, 4.69) is 10.1 Å². The fourth-order valence-electron chi connectivity index (χ4n) is 3.35. The Morgan fingerprint density at radius 3 is 2.61 bits per heavy atom. The second-order valence-electron chi connectivity index (χ2n) is 8.51. The molecule has 198 valence electrons. The van der Waals surface area contributed by atoms with E-state index in [0.717, 1.165) is 5.56 Å². The Morgan fingerprint density at radius 2 is 1.97 bits per heavy atom. The van der Waals surface area contributed by atoms with E-state index in [1.54, 1.807) is 61.9 Å².